The number of benzene rings is 1. The summed E-state index contributed by atoms with van der Waals surface area (Å²) in [6.45, 7) is 12.7. The van der Waals surface area contributed by atoms with Crippen LogP contribution in [0.5, 0.6) is 0 Å². The number of hydrogen-bond donors (Lipinski definition) is 14. The zero-order valence-corrected chi connectivity index (χ0v) is 52.3. The van der Waals surface area contributed by atoms with Crippen molar-refractivity contribution in [3.8, 4) is 0 Å². The number of nitrogens with one attached hydrogen (secondary N) is 11. The molecule has 2 aliphatic heterocycles. The summed E-state index contributed by atoms with van der Waals surface area (Å²) in [4.78, 5) is 176. The Balaban J connectivity index is 1.75. The molecule has 0 unspecified atom stereocenters. The highest BCUT2D eigenvalue weighted by Gasteiger charge is 2.41. The van der Waals surface area contributed by atoms with Gasteiger partial charge in [-0.05, 0) is 115 Å². The fourth-order valence-electron chi connectivity index (χ4n) is 9.60. The summed E-state index contributed by atoms with van der Waals surface area (Å²) in [5.74, 6) is -10.5. The maximum Gasteiger partial charge on any atom is 0.305 e. The third kappa shape index (κ3) is 25.5. The van der Waals surface area contributed by atoms with E-state index in [4.69, 9.17) is 5.73 Å². The molecule has 2 fully saturated rings. The number of carboxylic acids is 1. The predicted octanol–water partition coefficient (Wildman–Crippen LogP) is -2.13. The van der Waals surface area contributed by atoms with Crippen molar-refractivity contribution in [2.75, 3.05) is 38.2 Å². The summed E-state index contributed by atoms with van der Waals surface area (Å²) in [5, 5.41) is 48.4. The molecule has 11 atom stereocenters. The number of nitrogens with two attached hydrogens (primary N) is 1. The average Bonchev–Trinajstić information content (AvgIpc) is 2.86. The Kier molecular flexibility index (Phi) is 31.1. The van der Waals surface area contributed by atoms with Gasteiger partial charge in [0.2, 0.25) is 70.9 Å². The summed E-state index contributed by atoms with van der Waals surface area (Å²) in [6, 6.07) is -4.40. The number of aliphatic hydroxyl groups excluding tert-OH is 1. The van der Waals surface area contributed by atoms with Crippen LogP contribution in [0, 0.1) is 11.8 Å². The number of thioether (sulfide) groups is 1. The molecule has 29 heteroatoms. The highest BCUT2D eigenvalue weighted by molar-refractivity contribution is 7.98. The smallest absolute Gasteiger partial charge is 0.305 e. The zero-order valence-electron chi connectivity index (χ0n) is 51.5. The minimum atomic E-state index is -1.85. The summed E-state index contributed by atoms with van der Waals surface area (Å²) in [6.07, 6.45) is 3.26. The molecule has 87 heavy (non-hydrogen) atoms. The molecule has 0 aliphatic carbocycles. The number of likely N-dealkylation sites (tertiary alicyclic amines) is 1. The van der Waals surface area contributed by atoms with Gasteiger partial charge in [-0.25, -0.2) is 0 Å². The second-order valence-electron chi connectivity index (χ2n) is 23.5. The molecular weight excluding hydrogens is 1150 g/mol. The van der Waals surface area contributed by atoms with Gasteiger partial charge in [-0.3, -0.25) is 62.3 Å². The number of nitrogens with zero attached hydrogens (tertiary/aromatic N) is 1. The van der Waals surface area contributed by atoms with Gasteiger partial charge < -0.3 is 79.3 Å². The molecule has 15 N–H and O–H groups in total. The van der Waals surface area contributed by atoms with Crippen LogP contribution in [0.25, 0.3) is 0 Å². The van der Waals surface area contributed by atoms with Crippen molar-refractivity contribution in [3.05, 3.63) is 35.9 Å². The standard InChI is InChI=1S/C58H93N13O15S/c1-10-33(4)47(56(85)60-30-45(74)63-39(27-32(2)3)51(80)65-37(23-26-87-9)54(83)70-58(6,7)8)69-52(81)40(28-35-17-12-11-13-18-35)66-48(77)34(5)61-50(79)41(29-46(75)76)67-49(78)36(19-14-15-24-59)64-53(82)42(31-72)68-55(84)43-20-16-25-71(43)57(86)38-21-22-44(73)62-38/h11-13,17-18,32-34,36-43,47,72H,10,14-16,19-31,59H2,1-9H3,(H,60,85)(H,61,79)(H,62,73)(H,63,74)(H,64,82)(H,65,80)(H,66,77)(H,67,78)(H,68,84)(H,69,81)(H,70,83)(H,75,76)/t33-,34-,36-,37-,38-,39-,40-,41-,42-,43-,47-/m0/s1. The Morgan fingerprint density at radius 2 is 1.31 bits per heavy atom. The summed E-state index contributed by atoms with van der Waals surface area (Å²) in [5.41, 5.74) is 5.69. The van der Waals surface area contributed by atoms with Crippen molar-refractivity contribution in [1.29, 1.82) is 0 Å². The van der Waals surface area contributed by atoms with Gasteiger partial charge >= 0.3 is 5.97 Å². The lowest BCUT2D eigenvalue weighted by Gasteiger charge is -2.29. The van der Waals surface area contributed by atoms with Gasteiger partial charge in [-0.2, -0.15) is 11.8 Å². The minimum Gasteiger partial charge on any atom is -0.481 e. The monoisotopic (exact) mass is 1240 g/mol. The first-order valence-corrected chi connectivity index (χ1v) is 31.1. The van der Waals surface area contributed by atoms with Crippen LogP contribution in [0.1, 0.15) is 132 Å². The van der Waals surface area contributed by atoms with E-state index >= 15 is 0 Å². The highest BCUT2D eigenvalue weighted by atomic mass is 32.2. The van der Waals surface area contributed by atoms with Crippen LogP contribution in [0.4, 0.5) is 0 Å². The van der Waals surface area contributed by atoms with Gasteiger partial charge in [0.05, 0.1) is 19.6 Å². The van der Waals surface area contributed by atoms with Crippen LogP contribution in [0.3, 0.4) is 0 Å². The van der Waals surface area contributed by atoms with Gasteiger partial charge in [0, 0.05) is 24.9 Å². The number of carbonyl (C=O) groups excluding carboxylic acids is 12. The fraction of sp³-hybridized carbons (Fsp3) is 0.672. The van der Waals surface area contributed by atoms with Gasteiger partial charge in [-0.1, -0.05) is 64.4 Å². The Morgan fingerprint density at radius 3 is 1.89 bits per heavy atom. The molecule has 12 amide bonds. The molecule has 0 radical (unpaired) electrons. The predicted molar refractivity (Wildman–Crippen MR) is 322 cm³/mol. The number of aliphatic hydroxyl groups is 1. The lowest BCUT2D eigenvalue weighted by atomic mass is 9.97. The van der Waals surface area contributed by atoms with E-state index in [2.05, 4.69) is 58.5 Å². The van der Waals surface area contributed by atoms with E-state index in [1.165, 1.54) is 23.6 Å². The van der Waals surface area contributed by atoms with E-state index in [-0.39, 0.29) is 75.8 Å². The number of carboxylic acid groups (broad SMARTS) is 1. The third-order valence-electron chi connectivity index (χ3n) is 14.5. The molecule has 0 saturated carbocycles. The van der Waals surface area contributed by atoms with Crippen molar-refractivity contribution < 1.29 is 72.5 Å². The van der Waals surface area contributed by atoms with E-state index in [9.17, 15) is 72.5 Å². The number of unbranched alkanes of at least 4 members (excludes halogenated alkanes) is 1. The van der Waals surface area contributed by atoms with Gasteiger partial charge in [0.15, 0.2) is 0 Å². The summed E-state index contributed by atoms with van der Waals surface area (Å²) in [7, 11) is 0. The lowest BCUT2D eigenvalue weighted by molar-refractivity contribution is -0.142. The third-order valence-corrected chi connectivity index (χ3v) is 15.2. The van der Waals surface area contributed by atoms with Gasteiger partial charge in [-0.15, -0.1) is 0 Å². The molecule has 486 valence electrons. The Bertz CT molecular complexity index is 2550. The van der Waals surface area contributed by atoms with E-state index in [1.54, 1.807) is 44.2 Å². The van der Waals surface area contributed by atoms with Crippen molar-refractivity contribution >= 4 is 88.6 Å². The van der Waals surface area contributed by atoms with Crippen molar-refractivity contribution in [2.24, 2.45) is 17.6 Å². The zero-order chi connectivity index (χ0) is 65.1. The highest BCUT2D eigenvalue weighted by Crippen LogP contribution is 2.22. The molecular formula is C58H93N13O15S. The maximum atomic E-state index is 14.3. The molecule has 0 bridgehead atoms. The number of hydrogen-bond acceptors (Lipinski definition) is 16. The number of amides is 12. The molecule has 2 aliphatic rings. The van der Waals surface area contributed by atoms with Crippen molar-refractivity contribution in [2.45, 2.75) is 198 Å². The van der Waals surface area contributed by atoms with Crippen LogP contribution >= 0.6 is 11.8 Å². The van der Waals surface area contributed by atoms with Crippen LogP contribution in [-0.4, -0.2) is 196 Å². The topological polar surface area (TPSA) is 424 Å². The molecule has 2 heterocycles. The lowest BCUT2D eigenvalue weighted by Crippen LogP contribution is -2.61. The molecule has 1 aromatic carbocycles. The average molecular weight is 1240 g/mol. The van der Waals surface area contributed by atoms with Crippen molar-refractivity contribution in [1.82, 2.24) is 63.4 Å². The first kappa shape index (κ1) is 73.9. The molecule has 0 aromatic heterocycles. The van der Waals surface area contributed by atoms with Gasteiger partial charge in [0.1, 0.15) is 60.4 Å². The van der Waals surface area contributed by atoms with Crippen LogP contribution < -0.4 is 64.2 Å². The van der Waals surface area contributed by atoms with E-state index in [0.717, 1.165) is 0 Å². The number of rotatable bonds is 36. The number of carbonyl (C=O) groups is 13. The normalized spacial score (nSPS) is 17.9. The first-order chi connectivity index (χ1) is 41.0. The second kappa shape index (κ2) is 36.7. The molecule has 0 spiro atoms. The molecule has 1 aromatic rings. The van der Waals surface area contributed by atoms with Crippen molar-refractivity contribution in [3.63, 3.8) is 0 Å². The van der Waals surface area contributed by atoms with E-state index < -0.39 is 156 Å². The Hall–Kier alpha value is -7.40. The first-order valence-electron chi connectivity index (χ1n) is 29.7. The van der Waals surface area contributed by atoms with Crippen LogP contribution in [-0.2, 0) is 68.7 Å². The van der Waals surface area contributed by atoms with E-state index in [0.29, 0.717) is 37.0 Å². The second-order valence-corrected chi connectivity index (χ2v) is 24.5. The molecule has 2 saturated heterocycles. The SMILES string of the molecule is CC[C@H](C)[C@H](NC(=O)[C@H](Cc1ccccc1)NC(=O)[C@H](C)NC(=O)[C@H](CC(=O)O)NC(=O)[C@H](CCCCN)NC(=O)[C@H](CO)NC(=O)[C@@H]1CCCN1C(=O)[C@@H]1CCC(=O)N1)C(=O)NCC(=O)N[C@@H](CC(C)C)C(=O)N[C@@H](CCSC)C(=O)NC(C)(C)C. The molecule has 3 rings (SSSR count). The van der Waals surface area contributed by atoms with E-state index in [1.807, 2.05) is 40.9 Å². The largest absolute Gasteiger partial charge is 0.481 e. The Morgan fingerprint density at radius 1 is 0.713 bits per heavy atom. The summed E-state index contributed by atoms with van der Waals surface area (Å²) >= 11 is 1.50. The van der Waals surface area contributed by atoms with Crippen LogP contribution in [0.2, 0.25) is 0 Å². The van der Waals surface area contributed by atoms with Crippen LogP contribution in [0.15, 0.2) is 30.3 Å². The Labute approximate surface area is 512 Å². The summed E-state index contributed by atoms with van der Waals surface area (Å²) < 4.78 is 0. The quantitative estimate of drug-likeness (QED) is 0.0319. The maximum absolute atomic E-state index is 14.3. The van der Waals surface area contributed by atoms with Gasteiger partial charge in [0.25, 0.3) is 0 Å². The fourth-order valence-corrected chi connectivity index (χ4v) is 10.1. The number of aliphatic carboxylic acids is 1. The minimum absolute atomic E-state index is 0.0677. The molecule has 28 nitrogen and oxygen atoms in total.